The van der Waals surface area contributed by atoms with Gasteiger partial charge in [-0.05, 0) is 19.4 Å². The molecule has 0 aliphatic carbocycles. The Morgan fingerprint density at radius 3 is 2.54 bits per heavy atom. The second kappa shape index (κ2) is 6.66. The molecule has 0 spiro atoms. The van der Waals surface area contributed by atoms with Crippen molar-refractivity contribution in [3.63, 3.8) is 0 Å². The van der Waals surface area contributed by atoms with Crippen molar-refractivity contribution < 1.29 is 9.90 Å². The number of nitrogens with one attached hydrogen (secondary N) is 1. The zero-order valence-electron chi connectivity index (χ0n) is 8.58. The molecule has 0 fully saturated rings. The van der Waals surface area contributed by atoms with Gasteiger partial charge in [0.05, 0.1) is 6.42 Å². The van der Waals surface area contributed by atoms with E-state index in [1.54, 1.807) is 6.08 Å². The first kappa shape index (κ1) is 12.2. The van der Waals surface area contributed by atoms with E-state index in [-0.39, 0.29) is 6.42 Å². The Kier molecular flexibility index (Phi) is 6.24. The van der Waals surface area contributed by atoms with E-state index < -0.39 is 5.97 Å². The minimum atomic E-state index is -0.782. The number of aliphatic carboxylic acids is 1. The highest BCUT2D eigenvalue weighted by Gasteiger charge is 2.03. The van der Waals surface area contributed by atoms with Gasteiger partial charge in [0, 0.05) is 6.04 Å². The highest BCUT2D eigenvalue weighted by molar-refractivity contribution is 5.68. The van der Waals surface area contributed by atoms with Crippen LogP contribution in [0.5, 0.6) is 0 Å². The molecule has 3 heteroatoms. The van der Waals surface area contributed by atoms with E-state index in [1.165, 1.54) is 0 Å². The minimum Gasteiger partial charge on any atom is -0.481 e. The van der Waals surface area contributed by atoms with Gasteiger partial charge in [-0.25, -0.2) is 0 Å². The average molecular weight is 185 g/mol. The number of likely N-dealkylation sites (N-methyl/N-ethyl adjacent to an activating group) is 1. The summed E-state index contributed by atoms with van der Waals surface area (Å²) in [7, 11) is 1.89. The molecule has 0 bridgehead atoms. The summed E-state index contributed by atoms with van der Waals surface area (Å²) in [5.74, 6) is -0.164. The molecule has 2 N–H and O–H groups in total. The molecule has 0 heterocycles. The topological polar surface area (TPSA) is 49.3 Å². The quantitative estimate of drug-likeness (QED) is 0.619. The monoisotopic (exact) mass is 185 g/mol. The summed E-state index contributed by atoms with van der Waals surface area (Å²) in [6.07, 6.45) is 4.77. The Morgan fingerprint density at radius 2 is 2.15 bits per heavy atom. The van der Waals surface area contributed by atoms with Gasteiger partial charge in [0.25, 0.3) is 0 Å². The third kappa shape index (κ3) is 7.53. The molecule has 0 amide bonds. The van der Waals surface area contributed by atoms with Gasteiger partial charge in [0.15, 0.2) is 0 Å². The molecule has 0 aromatic carbocycles. The predicted octanol–water partition coefficient (Wildman–Crippen LogP) is 1.65. The fourth-order valence-electron chi connectivity index (χ4n) is 1.13. The summed E-state index contributed by atoms with van der Waals surface area (Å²) in [4.78, 5) is 10.2. The molecule has 3 nitrogen and oxygen atoms in total. The third-order valence-electron chi connectivity index (χ3n) is 1.76. The van der Waals surface area contributed by atoms with Gasteiger partial charge < -0.3 is 10.4 Å². The lowest BCUT2D eigenvalue weighted by molar-refractivity contribution is -0.136. The van der Waals surface area contributed by atoms with Crippen molar-refractivity contribution in [1.82, 2.24) is 5.32 Å². The van der Waals surface area contributed by atoms with Crippen LogP contribution in [0.3, 0.4) is 0 Å². The molecule has 13 heavy (non-hydrogen) atoms. The van der Waals surface area contributed by atoms with Gasteiger partial charge in [-0.15, -0.1) is 0 Å². The summed E-state index contributed by atoms with van der Waals surface area (Å²) >= 11 is 0. The maximum absolute atomic E-state index is 10.2. The van der Waals surface area contributed by atoms with Gasteiger partial charge >= 0.3 is 5.97 Å². The number of hydrogen-bond donors (Lipinski definition) is 2. The van der Waals surface area contributed by atoms with Crippen molar-refractivity contribution in [3.8, 4) is 0 Å². The van der Waals surface area contributed by atoms with Crippen LogP contribution in [0.25, 0.3) is 0 Å². The molecule has 0 saturated carbocycles. The van der Waals surface area contributed by atoms with Crippen molar-refractivity contribution in [1.29, 1.82) is 0 Å². The molecule has 0 aromatic heterocycles. The van der Waals surface area contributed by atoms with Crippen molar-refractivity contribution in [3.05, 3.63) is 12.2 Å². The van der Waals surface area contributed by atoms with Crippen LogP contribution >= 0.6 is 0 Å². The molecule has 0 aliphatic heterocycles. The Morgan fingerprint density at radius 1 is 1.54 bits per heavy atom. The minimum absolute atomic E-state index is 0.107. The van der Waals surface area contributed by atoms with Crippen molar-refractivity contribution >= 4 is 5.97 Å². The van der Waals surface area contributed by atoms with Crippen LogP contribution in [0, 0.1) is 5.92 Å². The SMILES string of the molecule is CN[C@H](/C=C/CC(=O)O)CC(C)C. The number of hydrogen-bond acceptors (Lipinski definition) is 2. The Labute approximate surface area is 79.8 Å². The lowest BCUT2D eigenvalue weighted by Crippen LogP contribution is -2.24. The molecule has 0 aliphatic rings. The van der Waals surface area contributed by atoms with Crippen LogP contribution in [-0.2, 0) is 4.79 Å². The third-order valence-corrected chi connectivity index (χ3v) is 1.76. The van der Waals surface area contributed by atoms with Gasteiger partial charge in [0.2, 0.25) is 0 Å². The van der Waals surface area contributed by atoms with Crippen LogP contribution in [0.4, 0.5) is 0 Å². The molecule has 76 valence electrons. The largest absolute Gasteiger partial charge is 0.481 e. The van der Waals surface area contributed by atoms with Crippen molar-refractivity contribution in [2.24, 2.45) is 5.92 Å². The number of carboxylic acid groups (broad SMARTS) is 1. The first-order chi connectivity index (χ1) is 6.06. The van der Waals surface area contributed by atoms with E-state index in [4.69, 9.17) is 5.11 Å². The van der Waals surface area contributed by atoms with Gasteiger partial charge in [0.1, 0.15) is 0 Å². The summed E-state index contributed by atoms with van der Waals surface area (Å²) in [6, 6.07) is 0.291. The van der Waals surface area contributed by atoms with E-state index in [9.17, 15) is 4.79 Å². The van der Waals surface area contributed by atoms with Crippen LogP contribution in [0.2, 0.25) is 0 Å². The Hall–Kier alpha value is -0.830. The van der Waals surface area contributed by atoms with Crippen LogP contribution in [-0.4, -0.2) is 24.2 Å². The number of carboxylic acids is 1. The number of rotatable bonds is 6. The molecular weight excluding hydrogens is 166 g/mol. The smallest absolute Gasteiger partial charge is 0.307 e. The fraction of sp³-hybridized carbons (Fsp3) is 0.700. The standard InChI is InChI=1S/C10H19NO2/c1-8(2)7-9(11-3)5-4-6-10(12)13/h4-5,8-9,11H,6-7H2,1-3H3,(H,12,13)/b5-4+/t9-/m1/s1. The summed E-state index contributed by atoms with van der Waals surface area (Å²) < 4.78 is 0. The Balaban J connectivity index is 3.82. The maximum atomic E-state index is 10.2. The molecule has 0 rings (SSSR count). The van der Waals surface area contributed by atoms with E-state index in [0.717, 1.165) is 6.42 Å². The van der Waals surface area contributed by atoms with E-state index in [2.05, 4.69) is 19.2 Å². The van der Waals surface area contributed by atoms with Crippen LogP contribution in [0.1, 0.15) is 26.7 Å². The molecular formula is C10H19NO2. The van der Waals surface area contributed by atoms with Crippen LogP contribution in [0.15, 0.2) is 12.2 Å². The highest BCUT2D eigenvalue weighted by Crippen LogP contribution is 2.05. The first-order valence-corrected chi connectivity index (χ1v) is 4.62. The Bertz CT molecular complexity index is 176. The highest BCUT2D eigenvalue weighted by atomic mass is 16.4. The molecule has 1 atom stereocenters. The van der Waals surface area contributed by atoms with E-state index in [0.29, 0.717) is 12.0 Å². The molecule has 0 radical (unpaired) electrons. The second-order valence-corrected chi connectivity index (χ2v) is 3.55. The molecule has 0 aromatic rings. The predicted molar refractivity (Wildman–Crippen MR) is 53.7 cm³/mol. The molecule has 0 saturated heterocycles. The van der Waals surface area contributed by atoms with Gasteiger partial charge in [-0.3, -0.25) is 4.79 Å². The maximum Gasteiger partial charge on any atom is 0.307 e. The summed E-state index contributed by atoms with van der Waals surface area (Å²) in [5.41, 5.74) is 0. The fourth-order valence-corrected chi connectivity index (χ4v) is 1.13. The van der Waals surface area contributed by atoms with Gasteiger partial charge in [-0.2, -0.15) is 0 Å². The first-order valence-electron chi connectivity index (χ1n) is 4.62. The van der Waals surface area contributed by atoms with E-state index in [1.807, 2.05) is 13.1 Å². The normalized spacial score (nSPS) is 13.8. The second-order valence-electron chi connectivity index (χ2n) is 3.55. The average Bonchev–Trinajstić information content (AvgIpc) is 2.01. The van der Waals surface area contributed by atoms with Crippen molar-refractivity contribution in [2.45, 2.75) is 32.7 Å². The summed E-state index contributed by atoms with van der Waals surface area (Å²) in [5, 5.41) is 11.5. The zero-order valence-corrected chi connectivity index (χ0v) is 8.58. The number of carbonyl (C=O) groups is 1. The van der Waals surface area contributed by atoms with E-state index >= 15 is 0 Å². The summed E-state index contributed by atoms with van der Waals surface area (Å²) in [6.45, 7) is 4.30. The van der Waals surface area contributed by atoms with Crippen molar-refractivity contribution in [2.75, 3.05) is 7.05 Å². The lowest BCUT2D eigenvalue weighted by Gasteiger charge is -2.13. The van der Waals surface area contributed by atoms with Gasteiger partial charge in [-0.1, -0.05) is 26.0 Å². The van der Waals surface area contributed by atoms with Crippen LogP contribution < -0.4 is 5.32 Å². The zero-order chi connectivity index (χ0) is 10.3. The molecule has 0 unspecified atom stereocenters. The lowest BCUT2D eigenvalue weighted by atomic mass is 10.0.